The number of carbonyl (C=O) groups excluding carboxylic acids is 2. The van der Waals surface area contributed by atoms with Crippen LogP contribution in [0.3, 0.4) is 0 Å². The van der Waals surface area contributed by atoms with Crippen molar-refractivity contribution < 1.29 is 14.3 Å². The lowest BCUT2D eigenvalue weighted by molar-refractivity contribution is -0.121. The van der Waals surface area contributed by atoms with E-state index in [1.165, 1.54) is 16.7 Å². The lowest BCUT2D eigenvalue weighted by Gasteiger charge is -2.39. The molecule has 0 radical (unpaired) electrons. The quantitative estimate of drug-likeness (QED) is 0.295. The number of thioether (sulfide) groups is 1. The summed E-state index contributed by atoms with van der Waals surface area (Å²) in [4.78, 5) is 27.7. The molecule has 0 bridgehead atoms. The summed E-state index contributed by atoms with van der Waals surface area (Å²) in [6, 6.07) is 31.5. The molecule has 2 amide bonds. The van der Waals surface area contributed by atoms with E-state index in [9.17, 15) is 9.59 Å². The lowest BCUT2D eigenvalue weighted by Crippen LogP contribution is -2.48. The number of hydrogen-bond acceptors (Lipinski definition) is 4. The zero-order valence-corrected chi connectivity index (χ0v) is 24.2. The second-order valence-electron chi connectivity index (χ2n) is 11.0. The van der Waals surface area contributed by atoms with Gasteiger partial charge in [0.15, 0.2) is 0 Å². The molecule has 1 saturated heterocycles. The third-order valence-corrected chi connectivity index (χ3v) is 8.88. The maximum atomic E-state index is 13.3. The molecule has 5 nitrogen and oxygen atoms in total. The monoisotopic (exact) mass is 544 g/mol. The van der Waals surface area contributed by atoms with Crippen molar-refractivity contribution in [3.63, 3.8) is 0 Å². The van der Waals surface area contributed by atoms with E-state index in [0.29, 0.717) is 19.5 Å². The first-order valence-electron chi connectivity index (χ1n) is 13.9. The SMILES string of the molecule is CCCC(=O)NC[C@@H]1[C@H](SC(c2ccccc2)(c2ccccc2)c2ccccc2)CCN1C(=O)OC(C)(C)C. The summed E-state index contributed by atoms with van der Waals surface area (Å²) in [5, 5.41) is 3.16. The maximum Gasteiger partial charge on any atom is 0.410 e. The van der Waals surface area contributed by atoms with Crippen molar-refractivity contribution in [2.45, 2.75) is 68.6 Å². The topological polar surface area (TPSA) is 58.6 Å². The zero-order chi connectivity index (χ0) is 27.9. The molecule has 3 aromatic rings. The highest BCUT2D eigenvalue weighted by Gasteiger charge is 2.46. The number of ether oxygens (including phenoxy) is 1. The minimum absolute atomic E-state index is 0.0118. The lowest BCUT2D eigenvalue weighted by atomic mass is 9.84. The summed E-state index contributed by atoms with van der Waals surface area (Å²) in [7, 11) is 0. The Hall–Kier alpha value is -3.25. The van der Waals surface area contributed by atoms with Crippen LogP contribution in [-0.2, 0) is 14.3 Å². The summed E-state index contributed by atoms with van der Waals surface area (Å²) in [5.41, 5.74) is 2.94. The number of amides is 2. The van der Waals surface area contributed by atoms with Gasteiger partial charge in [0, 0.05) is 24.8 Å². The molecule has 0 spiro atoms. The van der Waals surface area contributed by atoms with E-state index < -0.39 is 10.3 Å². The predicted octanol–water partition coefficient (Wildman–Crippen LogP) is 7.01. The molecule has 1 heterocycles. The molecule has 1 aliphatic heterocycles. The van der Waals surface area contributed by atoms with Gasteiger partial charge in [-0.2, -0.15) is 0 Å². The largest absolute Gasteiger partial charge is 0.444 e. The fourth-order valence-electron chi connectivity index (χ4n) is 5.24. The van der Waals surface area contributed by atoms with Gasteiger partial charge in [-0.05, 0) is 50.3 Å². The Kier molecular flexibility index (Phi) is 9.39. The molecule has 6 heteroatoms. The van der Waals surface area contributed by atoms with Crippen molar-refractivity contribution in [3.8, 4) is 0 Å². The van der Waals surface area contributed by atoms with E-state index >= 15 is 0 Å². The molecule has 0 aliphatic carbocycles. The third kappa shape index (κ3) is 6.85. The van der Waals surface area contributed by atoms with Gasteiger partial charge in [0.2, 0.25) is 5.91 Å². The second kappa shape index (κ2) is 12.7. The van der Waals surface area contributed by atoms with Crippen molar-refractivity contribution in [2.24, 2.45) is 0 Å². The molecule has 1 aliphatic rings. The van der Waals surface area contributed by atoms with Crippen molar-refractivity contribution in [2.75, 3.05) is 13.1 Å². The number of rotatable bonds is 9. The summed E-state index contributed by atoms with van der Waals surface area (Å²) in [6.45, 7) is 8.62. The van der Waals surface area contributed by atoms with Crippen molar-refractivity contribution in [3.05, 3.63) is 108 Å². The molecular formula is C33H40N2O3S. The molecular weight excluding hydrogens is 504 g/mol. The van der Waals surface area contributed by atoms with E-state index in [0.717, 1.165) is 12.8 Å². The molecule has 1 fully saturated rings. The highest BCUT2D eigenvalue weighted by atomic mass is 32.2. The average Bonchev–Trinajstić information content (AvgIpc) is 3.33. The van der Waals surface area contributed by atoms with E-state index in [1.54, 1.807) is 0 Å². The third-order valence-electron chi connectivity index (χ3n) is 6.97. The molecule has 1 N–H and O–H groups in total. The Balaban J connectivity index is 1.78. The molecule has 0 unspecified atom stereocenters. The van der Waals surface area contributed by atoms with Crippen LogP contribution in [0.25, 0.3) is 0 Å². The van der Waals surface area contributed by atoms with E-state index in [2.05, 4.69) is 78.1 Å². The molecule has 39 heavy (non-hydrogen) atoms. The van der Waals surface area contributed by atoms with E-state index in [4.69, 9.17) is 4.74 Å². The predicted molar refractivity (Wildman–Crippen MR) is 160 cm³/mol. The molecule has 3 aromatic carbocycles. The Morgan fingerprint density at radius 2 is 1.36 bits per heavy atom. The summed E-state index contributed by atoms with van der Waals surface area (Å²) >= 11 is 1.87. The van der Waals surface area contributed by atoms with Crippen LogP contribution in [0.4, 0.5) is 4.79 Å². The number of nitrogens with one attached hydrogen (secondary N) is 1. The summed E-state index contributed by atoms with van der Waals surface area (Å²) in [6.07, 6.45) is 1.72. The van der Waals surface area contributed by atoms with E-state index in [-0.39, 0.29) is 23.3 Å². The van der Waals surface area contributed by atoms with Crippen LogP contribution in [0, 0.1) is 0 Å². The molecule has 0 saturated carbocycles. The Morgan fingerprint density at radius 3 is 1.79 bits per heavy atom. The van der Waals surface area contributed by atoms with Gasteiger partial charge >= 0.3 is 6.09 Å². The smallest absolute Gasteiger partial charge is 0.410 e. The fourth-order valence-corrected chi connectivity index (χ4v) is 7.13. The van der Waals surface area contributed by atoms with Gasteiger partial charge in [-0.15, -0.1) is 11.8 Å². The first-order chi connectivity index (χ1) is 18.7. The van der Waals surface area contributed by atoms with Gasteiger partial charge in [-0.3, -0.25) is 4.79 Å². The number of nitrogens with zero attached hydrogens (tertiary/aromatic N) is 1. The molecule has 2 atom stereocenters. The first kappa shape index (κ1) is 28.8. The Bertz CT molecular complexity index is 1120. The zero-order valence-electron chi connectivity index (χ0n) is 23.4. The van der Waals surface area contributed by atoms with Crippen molar-refractivity contribution in [1.29, 1.82) is 0 Å². The molecule has 4 rings (SSSR count). The average molecular weight is 545 g/mol. The van der Waals surface area contributed by atoms with Crippen LogP contribution in [0.15, 0.2) is 91.0 Å². The number of hydrogen-bond donors (Lipinski definition) is 1. The van der Waals surface area contributed by atoms with Crippen molar-refractivity contribution in [1.82, 2.24) is 10.2 Å². The number of benzene rings is 3. The van der Waals surface area contributed by atoms with Gasteiger partial charge in [0.05, 0.1) is 10.8 Å². The molecule has 0 aromatic heterocycles. The number of likely N-dealkylation sites (tertiary alicyclic amines) is 1. The minimum atomic E-state index is -0.597. The Labute approximate surface area is 237 Å². The summed E-state index contributed by atoms with van der Waals surface area (Å²) in [5.74, 6) is 0.0118. The van der Waals surface area contributed by atoms with Crippen LogP contribution in [-0.4, -0.2) is 46.9 Å². The van der Waals surface area contributed by atoms with Crippen molar-refractivity contribution >= 4 is 23.8 Å². The van der Waals surface area contributed by atoms with Crippen LogP contribution >= 0.6 is 11.8 Å². The van der Waals surface area contributed by atoms with Crippen LogP contribution in [0.2, 0.25) is 0 Å². The van der Waals surface area contributed by atoms with Gasteiger partial charge in [-0.25, -0.2) is 4.79 Å². The Morgan fingerprint density at radius 1 is 0.872 bits per heavy atom. The normalized spacial score (nSPS) is 17.6. The minimum Gasteiger partial charge on any atom is -0.444 e. The maximum absolute atomic E-state index is 13.3. The number of carbonyl (C=O) groups is 2. The van der Waals surface area contributed by atoms with Gasteiger partial charge in [-0.1, -0.05) is 97.9 Å². The van der Waals surface area contributed by atoms with Crippen LogP contribution in [0.1, 0.15) is 63.6 Å². The highest BCUT2D eigenvalue weighted by molar-refractivity contribution is 8.01. The molecule has 206 valence electrons. The summed E-state index contributed by atoms with van der Waals surface area (Å²) < 4.78 is 5.29. The van der Waals surface area contributed by atoms with Crippen LogP contribution in [0.5, 0.6) is 0 Å². The van der Waals surface area contributed by atoms with Gasteiger partial charge in [0.25, 0.3) is 0 Å². The second-order valence-corrected chi connectivity index (χ2v) is 12.5. The van der Waals surface area contributed by atoms with Gasteiger partial charge < -0.3 is 15.0 Å². The fraction of sp³-hybridized carbons (Fsp3) is 0.394. The van der Waals surface area contributed by atoms with Gasteiger partial charge in [0.1, 0.15) is 5.60 Å². The highest BCUT2D eigenvalue weighted by Crippen LogP contribution is 2.52. The van der Waals surface area contributed by atoms with E-state index in [1.807, 2.05) is 62.6 Å². The first-order valence-corrected chi connectivity index (χ1v) is 14.7. The van der Waals surface area contributed by atoms with Crippen LogP contribution < -0.4 is 5.32 Å². The standard InChI is InChI=1S/C33H40N2O3S/c1-5-15-30(36)34-24-28-29(22-23-35(28)31(37)38-32(2,3)4)39-33(25-16-9-6-10-17-25,26-18-11-7-12-19-26)27-20-13-8-14-21-27/h6-14,16-21,28-29H,5,15,22-24H2,1-4H3,(H,34,36)/t28-,29-/m1/s1.